The van der Waals surface area contributed by atoms with Crippen LogP contribution in [0.1, 0.15) is 27.0 Å². The summed E-state index contributed by atoms with van der Waals surface area (Å²) in [6.07, 6.45) is 0. The molecule has 0 bridgehead atoms. The van der Waals surface area contributed by atoms with Crippen LogP contribution < -0.4 is 14.8 Å². The highest BCUT2D eigenvalue weighted by Gasteiger charge is 2.22. The second kappa shape index (κ2) is 7.74. The number of amides is 1. The van der Waals surface area contributed by atoms with Gasteiger partial charge in [0.15, 0.2) is 11.5 Å². The van der Waals surface area contributed by atoms with Gasteiger partial charge < -0.3 is 19.5 Å². The number of carbonyl (C=O) groups excluding carboxylic acids is 2. The van der Waals surface area contributed by atoms with Gasteiger partial charge in [-0.05, 0) is 36.8 Å². The lowest BCUT2D eigenvalue weighted by molar-refractivity contribution is 0.0533. The molecule has 2 aromatic carbocycles. The van der Waals surface area contributed by atoms with E-state index >= 15 is 0 Å². The smallest absolute Gasteiger partial charge is 0.350 e. The van der Waals surface area contributed by atoms with E-state index in [0.29, 0.717) is 27.6 Å². The second-order valence-electron chi connectivity index (χ2n) is 5.96. The Morgan fingerprint density at radius 3 is 2.64 bits per heavy atom. The van der Waals surface area contributed by atoms with E-state index in [2.05, 4.69) is 5.32 Å². The third-order valence-corrected chi connectivity index (χ3v) is 5.30. The van der Waals surface area contributed by atoms with Crippen molar-refractivity contribution in [3.8, 4) is 21.9 Å². The van der Waals surface area contributed by atoms with Crippen LogP contribution in [-0.4, -0.2) is 25.3 Å². The summed E-state index contributed by atoms with van der Waals surface area (Å²) < 4.78 is 15.7. The third kappa shape index (κ3) is 3.57. The topological polar surface area (TPSA) is 73.9 Å². The zero-order valence-corrected chi connectivity index (χ0v) is 15.9. The number of anilines is 1. The van der Waals surface area contributed by atoms with E-state index < -0.39 is 5.97 Å². The Morgan fingerprint density at radius 2 is 1.86 bits per heavy atom. The zero-order valence-electron chi connectivity index (χ0n) is 15.1. The fraction of sp³-hybridized carbons (Fsp3) is 0.143. The van der Waals surface area contributed by atoms with Gasteiger partial charge in [-0.3, -0.25) is 4.79 Å². The molecule has 0 fully saturated rings. The van der Waals surface area contributed by atoms with Gasteiger partial charge in [-0.15, -0.1) is 11.3 Å². The minimum absolute atomic E-state index is 0.137. The van der Waals surface area contributed by atoms with E-state index in [1.165, 1.54) is 11.3 Å². The van der Waals surface area contributed by atoms with Gasteiger partial charge in [0.2, 0.25) is 6.79 Å². The van der Waals surface area contributed by atoms with Crippen LogP contribution in [-0.2, 0) is 4.74 Å². The largest absolute Gasteiger partial charge is 0.462 e. The van der Waals surface area contributed by atoms with Crippen molar-refractivity contribution in [3.63, 3.8) is 0 Å². The Bertz CT molecular complexity index is 1030. The first kappa shape index (κ1) is 18.1. The minimum atomic E-state index is -0.462. The molecule has 7 heteroatoms. The van der Waals surface area contributed by atoms with Crippen molar-refractivity contribution in [2.45, 2.75) is 6.92 Å². The van der Waals surface area contributed by atoms with Gasteiger partial charge >= 0.3 is 5.97 Å². The van der Waals surface area contributed by atoms with E-state index in [9.17, 15) is 9.59 Å². The van der Waals surface area contributed by atoms with Crippen LogP contribution in [0.2, 0.25) is 0 Å². The lowest BCUT2D eigenvalue weighted by Gasteiger charge is -2.07. The number of carbonyl (C=O) groups is 2. The van der Waals surface area contributed by atoms with Crippen molar-refractivity contribution >= 4 is 28.9 Å². The normalized spacial score (nSPS) is 11.9. The zero-order chi connectivity index (χ0) is 19.5. The Morgan fingerprint density at radius 1 is 1.07 bits per heavy atom. The minimum Gasteiger partial charge on any atom is -0.462 e. The van der Waals surface area contributed by atoms with Crippen molar-refractivity contribution in [2.24, 2.45) is 0 Å². The maximum atomic E-state index is 12.7. The molecule has 6 nitrogen and oxygen atoms in total. The molecule has 0 spiro atoms. The number of nitrogens with one attached hydrogen (secondary N) is 1. The molecule has 1 amide bonds. The molecular weight excluding hydrogens is 378 g/mol. The summed E-state index contributed by atoms with van der Waals surface area (Å²) in [5.41, 5.74) is 1.79. The molecule has 3 aromatic rings. The highest BCUT2D eigenvalue weighted by molar-refractivity contribution is 7.18. The number of ether oxygens (including phenoxy) is 3. The van der Waals surface area contributed by atoms with Crippen LogP contribution in [0.15, 0.2) is 54.6 Å². The van der Waals surface area contributed by atoms with Crippen LogP contribution in [0.4, 0.5) is 5.69 Å². The molecule has 0 saturated carbocycles. The molecule has 2 heterocycles. The van der Waals surface area contributed by atoms with Crippen LogP contribution in [0.25, 0.3) is 10.4 Å². The van der Waals surface area contributed by atoms with E-state index in [1.54, 1.807) is 31.2 Å². The fourth-order valence-corrected chi connectivity index (χ4v) is 3.82. The Hall–Kier alpha value is -3.32. The molecule has 1 aliphatic rings. The lowest BCUT2D eigenvalue weighted by atomic mass is 10.1. The Kier molecular flexibility index (Phi) is 4.99. The molecule has 1 aliphatic heterocycles. The molecular formula is C21H17NO5S. The molecule has 0 atom stereocenters. The van der Waals surface area contributed by atoms with Crippen molar-refractivity contribution in [1.82, 2.24) is 0 Å². The molecule has 0 radical (unpaired) electrons. The average Bonchev–Trinajstić information content (AvgIpc) is 3.35. The summed E-state index contributed by atoms with van der Waals surface area (Å²) in [7, 11) is 0. The van der Waals surface area contributed by atoms with Crippen molar-refractivity contribution in [2.75, 3.05) is 18.7 Å². The Balaban J connectivity index is 1.64. The van der Waals surface area contributed by atoms with E-state index in [0.717, 1.165) is 10.4 Å². The molecule has 4 rings (SSSR count). The fourth-order valence-electron chi connectivity index (χ4n) is 2.81. The van der Waals surface area contributed by atoms with Gasteiger partial charge in [0.1, 0.15) is 4.88 Å². The first-order valence-electron chi connectivity index (χ1n) is 8.73. The third-order valence-electron chi connectivity index (χ3n) is 4.13. The van der Waals surface area contributed by atoms with Crippen LogP contribution in [0.5, 0.6) is 11.5 Å². The first-order chi connectivity index (χ1) is 13.7. The van der Waals surface area contributed by atoms with Crippen molar-refractivity contribution in [1.29, 1.82) is 0 Å². The highest BCUT2D eigenvalue weighted by Crippen LogP contribution is 2.36. The van der Waals surface area contributed by atoms with E-state index in [4.69, 9.17) is 14.2 Å². The van der Waals surface area contributed by atoms with Gasteiger partial charge in [-0.2, -0.15) is 0 Å². The maximum absolute atomic E-state index is 12.7. The second-order valence-corrected chi connectivity index (χ2v) is 7.01. The van der Waals surface area contributed by atoms with E-state index in [-0.39, 0.29) is 19.3 Å². The predicted octanol–water partition coefficient (Wildman–Crippen LogP) is 4.57. The molecule has 28 heavy (non-hydrogen) atoms. The van der Waals surface area contributed by atoms with Gasteiger partial charge in [0, 0.05) is 10.4 Å². The standard InChI is InChI=1S/C21H17NO5S/c1-2-25-21(24)19-15(11-18(28-19)13-6-4-3-5-7-13)22-20(23)14-8-9-16-17(10-14)27-12-26-16/h3-11H,2,12H2,1H3,(H,22,23). The number of rotatable bonds is 5. The number of thiophene rings is 1. The summed E-state index contributed by atoms with van der Waals surface area (Å²) in [5, 5.41) is 2.82. The molecule has 142 valence electrons. The molecule has 0 unspecified atom stereocenters. The lowest BCUT2D eigenvalue weighted by Crippen LogP contribution is -2.14. The monoisotopic (exact) mass is 395 g/mol. The van der Waals surface area contributed by atoms with Gasteiger partial charge in [-0.25, -0.2) is 4.79 Å². The van der Waals surface area contributed by atoms with Crippen LogP contribution in [0.3, 0.4) is 0 Å². The molecule has 1 N–H and O–H groups in total. The predicted molar refractivity (Wildman–Crippen MR) is 106 cm³/mol. The maximum Gasteiger partial charge on any atom is 0.350 e. The van der Waals surface area contributed by atoms with Crippen molar-refractivity contribution < 1.29 is 23.8 Å². The highest BCUT2D eigenvalue weighted by atomic mass is 32.1. The Labute approximate surface area is 165 Å². The molecule has 0 saturated heterocycles. The van der Waals surface area contributed by atoms with Crippen LogP contribution >= 0.6 is 11.3 Å². The summed E-state index contributed by atoms with van der Waals surface area (Å²) in [4.78, 5) is 26.3. The number of hydrogen-bond donors (Lipinski definition) is 1. The van der Waals surface area contributed by atoms with Gasteiger partial charge in [0.25, 0.3) is 5.91 Å². The van der Waals surface area contributed by atoms with Gasteiger partial charge in [-0.1, -0.05) is 30.3 Å². The number of benzene rings is 2. The number of esters is 1. The van der Waals surface area contributed by atoms with Crippen molar-refractivity contribution in [3.05, 3.63) is 65.0 Å². The van der Waals surface area contributed by atoms with Gasteiger partial charge in [0.05, 0.1) is 12.3 Å². The van der Waals surface area contributed by atoms with E-state index in [1.807, 2.05) is 30.3 Å². The number of fused-ring (bicyclic) bond motifs is 1. The summed E-state index contributed by atoms with van der Waals surface area (Å²) in [6.45, 7) is 2.14. The molecule has 0 aliphatic carbocycles. The summed E-state index contributed by atoms with van der Waals surface area (Å²) >= 11 is 1.28. The summed E-state index contributed by atoms with van der Waals surface area (Å²) in [5.74, 6) is 0.316. The summed E-state index contributed by atoms with van der Waals surface area (Å²) in [6, 6.07) is 16.4. The first-order valence-corrected chi connectivity index (χ1v) is 9.54. The quantitative estimate of drug-likeness (QED) is 0.641. The SMILES string of the molecule is CCOC(=O)c1sc(-c2ccccc2)cc1NC(=O)c1ccc2c(c1)OCO2. The number of hydrogen-bond acceptors (Lipinski definition) is 6. The van der Waals surface area contributed by atoms with Crippen LogP contribution in [0, 0.1) is 0 Å². The molecule has 1 aromatic heterocycles. The average molecular weight is 395 g/mol.